The summed E-state index contributed by atoms with van der Waals surface area (Å²) in [5.41, 5.74) is -5.52. The van der Waals surface area contributed by atoms with Crippen molar-refractivity contribution in [3.8, 4) is 0 Å². The minimum Gasteiger partial charge on any atom is -0.372 e. The normalized spacial score (nSPS) is 12.4. The van der Waals surface area contributed by atoms with Crippen LogP contribution in [0.1, 0.15) is 6.92 Å². The van der Waals surface area contributed by atoms with Gasteiger partial charge in [-0.3, -0.25) is 4.79 Å². The molecule has 0 spiro atoms. The van der Waals surface area contributed by atoms with E-state index in [0.29, 0.717) is 0 Å². The number of nitrogens with one attached hydrogen (secondary N) is 1. The predicted molar refractivity (Wildman–Crippen MR) is 57.7 cm³/mol. The molecule has 108 valence electrons. The number of halogens is 3. The van der Waals surface area contributed by atoms with Crippen LogP contribution in [0.4, 0.5) is 19.0 Å². The van der Waals surface area contributed by atoms with Crippen LogP contribution in [0.5, 0.6) is 0 Å². The molecule has 1 N–H and O–H groups in total. The highest BCUT2D eigenvalue weighted by Crippen LogP contribution is 2.27. The Kier molecular flexibility index (Phi) is 4.52. The lowest BCUT2D eigenvalue weighted by molar-refractivity contribution is -0.120. The SMILES string of the molecule is CCOCC(=O)Nc1ccnn1S(=O)(=O)C(F)(F)F. The van der Waals surface area contributed by atoms with Gasteiger partial charge < -0.3 is 10.1 Å². The summed E-state index contributed by atoms with van der Waals surface area (Å²) in [7, 11) is -5.68. The van der Waals surface area contributed by atoms with E-state index in [1.165, 1.54) is 0 Å². The molecule has 7 nitrogen and oxygen atoms in total. The molecule has 19 heavy (non-hydrogen) atoms. The van der Waals surface area contributed by atoms with E-state index in [-0.39, 0.29) is 10.7 Å². The first-order valence-corrected chi connectivity index (χ1v) is 6.37. The molecule has 0 fully saturated rings. The average Bonchev–Trinajstić information content (AvgIpc) is 2.73. The van der Waals surface area contributed by atoms with Gasteiger partial charge in [0.2, 0.25) is 0 Å². The lowest BCUT2D eigenvalue weighted by Gasteiger charge is -2.11. The van der Waals surface area contributed by atoms with Gasteiger partial charge in [-0.1, -0.05) is 0 Å². The van der Waals surface area contributed by atoms with Gasteiger partial charge in [-0.05, 0) is 6.92 Å². The van der Waals surface area contributed by atoms with Crippen LogP contribution in [0.3, 0.4) is 0 Å². The second-order valence-corrected chi connectivity index (χ2v) is 4.95. The Morgan fingerprint density at radius 3 is 2.68 bits per heavy atom. The molecule has 1 amide bonds. The predicted octanol–water partition coefficient (Wildman–Crippen LogP) is 0.556. The first-order valence-electron chi connectivity index (χ1n) is 4.93. The van der Waals surface area contributed by atoms with Gasteiger partial charge in [0.25, 0.3) is 5.91 Å². The summed E-state index contributed by atoms with van der Waals surface area (Å²) in [4.78, 5) is 11.2. The molecule has 0 saturated heterocycles. The Balaban J connectivity index is 2.97. The van der Waals surface area contributed by atoms with E-state index in [0.717, 1.165) is 12.3 Å². The molecule has 0 aliphatic rings. The van der Waals surface area contributed by atoms with E-state index in [4.69, 9.17) is 4.74 Å². The molecule has 0 aromatic carbocycles. The van der Waals surface area contributed by atoms with Crippen molar-refractivity contribution in [3.63, 3.8) is 0 Å². The lowest BCUT2D eigenvalue weighted by atomic mass is 10.5. The van der Waals surface area contributed by atoms with E-state index >= 15 is 0 Å². The van der Waals surface area contributed by atoms with Crippen molar-refractivity contribution in [3.05, 3.63) is 12.3 Å². The summed E-state index contributed by atoms with van der Waals surface area (Å²) in [6.07, 6.45) is 0.819. The van der Waals surface area contributed by atoms with Crippen molar-refractivity contribution in [2.75, 3.05) is 18.5 Å². The quantitative estimate of drug-likeness (QED) is 0.858. The summed E-state index contributed by atoms with van der Waals surface area (Å²) in [5, 5.41) is 5.00. The maximum atomic E-state index is 12.3. The number of anilines is 1. The smallest absolute Gasteiger partial charge is 0.372 e. The number of carbonyl (C=O) groups excluding carboxylic acids is 1. The molecule has 1 heterocycles. The van der Waals surface area contributed by atoms with E-state index in [2.05, 4.69) is 5.10 Å². The number of hydrogen-bond donors (Lipinski definition) is 1. The molecule has 0 atom stereocenters. The summed E-state index contributed by atoms with van der Waals surface area (Å²) >= 11 is 0. The second kappa shape index (κ2) is 5.57. The molecule has 0 saturated carbocycles. The van der Waals surface area contributed by atoms with Crippen molar-refractivity contribution < 1.29 is 31.1 Å². The third kappa shape index (κ3) is 3.44. The third-order valence-corrected chi connectivity index (χ3v) is 3.17. The Morgan fingerprint density at radius 2 is 2.16 bits per heavy atom. The van der Waals surface area contributed by atoms with Crippen LogP contribution >= 0.6 is 0 Å². The van der Waals surface area contributed by atoms with Gasteiger partial charge in [0.15, 0.2) is 0 Å². The van der Waals surface area contributed by atoms with Gasteiger partial charge in [0, 0.05) is 12.7 Å². The Hall–Kier alpha value is -1.62. The minimum atomic E-state index is -5.68. The molecule has 0 bridgehead atoms. The van der Waals surface area contributed by atoms with Crippen LogP contribution < -0.4 is 5.32 Å². The topological polar surface area (TPSA) is 90.3 Å². The van der Waals surface area contributed by atoms with E-state index in [9.17, 15) is 26.4 Å². The van der Waals surface area contributed by atoms with E-state index in [1.807, 2.05) is 5.32 Å². The average molecular weight is 301 g/mol. The number of amides is 1. The summed E-state index contributed by atoms with van der Waals surface area (Å²) in [5.74, 6) is -1.40. The number of alkyl halides is 3. The highest BCUT2D eigenvalue weighted by Gasteiger charge is 2.49. The Morgan fingerprint density at radius 1 is 1.53 bits per heavy atom. The van der Waals surface area contributed by atoms with Gasteiger partial charge in [-0.25, -0.2) is 0 Å². The summed E-state index contributed by atoms with van der Waals surface area (Å²) < 4.78 is 63.7. The number of ether oxygens (including phenoxy) is 1. The zero-order valence-electron chi connectivity index (χ0n) is 9.64. The third-order valence-electron chi connectivity index (χ3n) is 1.83. The van der Waals surface area contributed by atoms with Crippen LogP contribution in [-0.4, -0.2) is 42.2 Å². The fourth-order valence-corrected chi connectivity index (χ4v) is 1.78. The number of nitrogens with zero attached hydrogens (tertiary/aromatic N) is 2. The van der Waals surface area contributed by atoms with Gasteiger partial charge in [-0.15, -0.1) is 4.09 Å². The van der Waals surface area contributed by atoms with Gasteiger partial charge in [0.1, 0.15) is 12.4 Å². The molecule has 11 heteroatoms. The molecule has 1 rings (SSSR count). The summed E-state index contributed by atoms with van der Waals surface area (Å²) in [6.45, 7) is 1.44. The number of rotatable bonds is 5. The van der Waals surface area contributed by atoms with Crippen molar-refractivity contribution in [2.24, 2.45) is 0 Å². The molecule has 0 aliphatic carbocycles. The summed E-state index contributed by atoms with van der Waals surface area (Å²) in [6, 6.07) is 0.924. The number of aromatic nitrogens is 2. The maximum absolute atomic E-state index is 12.3. The van der Waals surface area contributed by atoms with Gasteiger partial charge in [0.05, 0.1) is 6.20 Å². The van der Waals surface area contributed by atoms with Crippen LogP contribution in [0.25, 0.3) is 0 Å². The molecule has 0 unspecified atom stereocenters. The van der Waals surface area contributed by atoms with Crippen molar-refractivity contribution >= 4 is 21.7 Å². The zero-order valence-corrected chi connectivity index (χ0v) is 10.5. The first-order chi connectivity index (χ1) is 8.70. The van der Waals surface area contributed by atoms with Gasteiger partial charge >= 0.3 is 15.5 Å². The fraction of sp³-hybridized carbons (Fsp3) is 0.500. The molecule has 1 aromatic heterocycles. The van der Waals surface area contributed by atoms with E-state index < -0.39 is 33.9 Å². The van der Waals surface area contributed by atoms with Crippen molar-refractivity contribution in [1.82, 2.24) is 9.19 Å². The largest absolute Gasteiger partial charge is 0.518 e. The molecular weight excluding hydrogens is 291 g/mol. The van der Waals surface area contributed by atoms with Crippen molar-refractivity contribution in [2.45, 2.75) is 12.4 Å². The first kappa shape index (κ1) is 15.4. The minimum absolute atomic E-state index is 0.230. The standard InChI is InChI=1S/C8H10F3N3O4S/c1-2-18-5-7(15)13-6-3-4-12-14(6)19(16,17)8(9,10)11/h3-4H,2,5H2,1H3,(H,13,15). The molecule has 0 radical (unpaired) electrons. The number of carbonyl (C=O) groups is 1. The Labute approximate surface area is 106 Å². The maximum Gasteiger partial charge on any atom is 0.518 e. The van der Waals surface area contributed by atoms with E-state index in [1.54, 1.807) is 6.92 Å². The fourth-order valence-electron chi connectivity index (χ4n) is 1.04. The molecule has 0 aliphatic heterocycles. The van der Waals surface area contributed by atoms with Crippen molar-refractivity contribution in [1.29, 1.82) is 0 Å². The Bertz CT molecular complexity index is 552. The molecule has 1 aromatic rings. The lowest BCUT2D eigenvalue weighted by Crippen LogP contribution is -2.32. The highest BCUT2D eigenvalue weighted by molar-refractivity contribution is 7.90. The van der Waals surface area contributed by atoms with Gasteiger partial charge in [-0.2, -0.15) is 26.7 Å². The van der Waals surface area contributed by atoms with Crippen LogP contribution in [0, 0.1) is 0 Å². The zero-order chi connectivity index (χ0) is 14.7. The molecular formula is C8H10F3N3O4S. The van der Waals surface area contributed by atoms with Crippen LogP contribution in [0.15, 0.2) is 12.3 Å². The number of hydrogen-bond acceptors (Lipinski definition) is 5. The highest BCUT2D eigenvalue weighted by atomic mass is 32.2. The van der Waals surface area contributed by atoms with Crippen LogP contribution in [0.2, 0.25) is 0 Å². The monoisotopic (exact) mass is 301 g/mol. The second-order valence-electron chi connectivity index (χ2n) is 3.20. The van der Waals surface area contributed by atoms with Crippen LogP contribution in [-0.2, 0) is 19.6 Å².